The minimum absolute atomic E-state index is 0.0241. The van der Waals surface area contributed by atoms with E-state index >= 15 is 0 Å². The molecule has 1 aliphatic heterocycles. The second-order valence-corrected chi connectivity index (χ2v) is 6.28. The number of amides is 1. The highest BCUT2D eigenvalue weighted by Crippen LogP contribution is 2.39. The molecule has 25 heavy (non-hydrogen) atoms. The Balaban J connectivity index is 1.68. The molecule has 1 aromatic rings. The van der Waals surface area contributed by atoms with Gasteiger partial charge in [0.2, 0.25) is 5.91 Å². The predicted molar refractivity (Wildman–Crippen MR) is 83.2 cm³/mol. The summed E-state index contributed by atoms with van der Waals surface area (Å²) >= 11 is 0. The normalized spacial score (nSPS) is 20.6. The molecule has 1 saturated heterocycles. The first-order valence-corrected chi connectivity index (χ1v) is 8.17. The summed E-state index contributed by atoms with van der Waals surface area (Å²) in [6.07, 6.45) is -2.16. The summed E-state index contributed by atoms with van der Waals surface area (Å²) < 4.78 is 54.9. The number of nitrogens with one attached hydrogen (secondary N) is 1. The predicted octanol–water partition coefficient (Wildman–Crippen LogP) is 3.59. The van der Waals surface area contributed by atoms with E-state index in [-0.39, 0.29) is 23.3 Å². The van der Waals surface area contributed by atoms with Gasteiger partial charge in [0.15, 0.2) is 5.79 Å². The molecule has 138 valence electrons. The second-order valence-electron chi connectivity index (χ2n) is 6.28. The van der Waals surface area contributed by atoms with Crippen LogP contribution in [0.2, 0.25) is 0 Å². The lowest BCUT2D eigenvalue weighted by Crippen LogP contribution is -2.38. The number of hydrogen-bond donors (Lipinski definition) is 1. The minimum atomic E-state index is -4.49. The van der Waals surface area contributed by atoms with Crippen LogP contribution in [0.5, 0.6) is 5.75 Å². The van der Waals surface area contributed by atoms with Crippen LogP contribution in [0.25, 0.3) is 0 Å². The first-order valence-electron chi connectivity index (χ1n) is 8.17. The number of rotatable bonds is 3. The first-order chi connectivity index (χ1) is 11.8. The molecular formula is C17H20F3NO4. The molecule has 1 spiro atoms. The van der Waals surface area contributed by atoms with Gasteiger partial charge in [-0.1, -0.05) is 0 Å². The third-order valence-corrected chi connectivity index (χ3v) is 4.72. The molecule has 1 saturated carbocycles. The van der Waals surface area contributed by atoms with E-state index in [0.717, 1.165) is 12.1 Å². The van der Waals surface area contributed by atoms with Crippen molar-refractivity contribution in [2.45, 2.75) is 37.6 Å². The van der Waals surface area contributed by atoms with Gasteiger partial charge in [0.25, 0.3) is 0 Å². The van der Waals surface area contributed by atoms with Crippen LogP contribution in [0.3, 0.4) is 0 Å². The Hall–Kier alpha value is -1.80. The Bertz CT molecular complexity index is 631. The number of hydrogen-bond acceptors (Lipinski definition) is 4. The van der Waals surface area contributed by atoms with Crippen molar-refractivity contribution in [3.63, 3.8) is 0 Å². The number of carbonyl (C=O) groups excluding carboxylic acids is 1. The Kier molecular flexibility index (Phi) is 4.92. The Morgan fingerprint density at radius 1 is 1.24 bits per heavy atom. The molecule has 1 N–H and O–H groups in total. The number of ether oxygens (including phenoxy) is 3. The molecule has 1 amide bonds. The maximum Gasteiger partial charge on any atom is 0.416 e. The largest absolute Gasteiger partial charge is 0.495 e. The van der Waals surface area contributed by atoms with E-state index in [0.29, 0.717) is 38.9 Å². The Morgan fingerprint density at radius 3 is 2.44 bits per heavy atom. The molecule has 1 aliphatic carbocycles. The molecule has 5 nitrogen and oxygen atoms in total. The summed E-state index contributed by atoms with van der Waals surface area (Å²) in [5, 5.41) is 2.58. The summed E-state index contributed by atoms with van der Waals surface area (Å²) in [7, 11) is 1.34. The third-order valence-electron chi connectivity index (χ3n) is 4.72. The van der Waals surface area contributed by atoms with Crippen molar-refractivity contribution < 1.29 is 32.2 Å². The van der Waals surface area contributed by atoms with Crippen molar-refractivity contribution in [3.05, 3.63) is 23.8 Å². The average Bonchev–Trinajstić information content (AvgIpc) is 3.02. The summed E-state index contributed by atoms with van der Waals surface area (Å²) in [6.45, 7) is 1.11. The van der Waals surface area contributed by atoms with Gasteiger partial charge in [-0.15, -0.1) is 0 Å². The molecule has 2 aliphatic rings. The van der Waals surface area contributed by atoms with Crippen molar-refractivity contribution >= 4 is 11.6 Å². The van der Waals surface area contributed by atoms with Crippen molar-refractivity contribution in [2.24, 2.45) is 5.92 Å². The van der Waals surface area contributed by atoms with Crippen molar-refractivity contribution in [1.82, 2.24) is 0 Å². The number of methoxy groups -OCH3 is 1. The number of benzene rings is 1. The molecular weight excluding hydrogens is 339 g/mol. The van der Waals surface area contributed by atoms with Gasteiger partial charge < -0.3 is 19.5 Å². The highest BCUT2D eigenvalue weighted by molar-refractivity contribution is 5.94. The smallest absolute Gasteiger partial charge is 0.416 e. The third kappa shape index (κ3) is 3.90. The van der Waals surface area contributed by atoms with Crippen LogP contribution in [0.1, 0.15) is 31.2 Å². The number of carbonyl (C=O) groups is 1. The molecule has 0 bridgehead atoms. The molecule has 3 rings (SSSR count). The maximum absolute atomic E-state index is 12.9. The molecule has 2 fully saturated rings. The molecule has 0 aromatic heterocycles. The van der Waals surface area contributed by atoms with Crippen LogP contribution in [-0.2, 0) is 20.4 Å². The van der Waals surface area contributed by atoms with Gasteiger partial charge >= 0.3 is 6.18 Å². The molecule has 0 atom stereocenters. The van der Waals surface area contributed by atoms with Crippen LogP contribution >= 0.6 is 0 Å². The molecule has 0 unspecified atom stereocenters. The number of halogens is 3. The zero-order valence-electron chi connectivity index (χ0n) is 13.8. The fourth-order valence-corrected chi connectivity index (χ4v) is 3.32. The standard InChI is InChI=1S/C17H20F3NO4/c1-23-14-3-2-12(17(18,19)20)10-13(14)21-15(22)11-4-6-16(7-5-11)24-8-9-25-16/h2-3,10-11H,4-9H2,1H3,(H,21,22). The van der Waals surface area contributed by atoms with E-state index in [1.807, 2.05) is 0 Å². The lowest BCUT2D eigenvalue weighted by atomic mass is 9.84. The maximum atomic E-state index is 12.9. The topological polar surface area (TPSA) is 56.8 Å². The van der Waals surface area contributed by atoms with Crippen molar-refractivity contribution in [2.75, 3.05) is 25.6 Å². The van der Waals surface area contributed by atoms with E-state index in [2.05, 4.69) is 5.32 Å². The SMILES string of the molecule is COc1ccc(C(F)(F)F)cc1NC(=O)C1CCC2(CC1)OCCO2. The van der Waals surface area contributed by atoms with E-state index in [9.17, 15) is 18.0 Å². The average molecular weight is 359 g/mol. The van der Waals surface area contributed by atoms with Gasteiger partial charge in [-0.05, 0) is 31.0 Å². The van der Waals surface area contributed by atoms with Crippen LogP contribution in [-0.4, -0.2) is 32.0 Å². The summed E-state index contributed by atoms with van der Waals surface area (Å²) in [5.41, 5.74) is -0.810. The van der Waals surface area contributed by atoms with E-state index < -0.39 is 17.5 Å². The van der Waals surface area contributed by atoms with Crippen molar-refractivity contribution in [3.8, 4) is 5.75 Å². The van der Waals surface area contributed by atoms with Crippen LogP contribution in [0, 0.1) is 5.92 Å². The highest BCUT2D eigenvalue weighted by Gasteiger charge is 2.42. The summed E-state index contributed by atoms with van der Waals surface area (Å²) in [4.78, 5) is 12.5. The zero-order chi connectivity index (χ0) is 18.1. The van der Waals surface area contributed by atoms with Gasteiger partial charge in [-0.2, -0.15) is 13.2 Å². The van der Waals surface area contributed by atoms with Crippen LogP contribution < -0.4 is 10.1 Å². The van der Waals surface area contributed by atoms with Crippen LogP contribution in [0.15, 0.2) is 18.2 Å². The molecule has 1 heterocycles. The van der Waals surface area contributed by atoms with E-state index in [1.165, 1.54) is 13.2 Å². The number of alkyl halides is 3. The highest BCUT2D eigenvalue weighted by atomic mass is 19.4. The molecule has 8 heteroatoms. The van der Waals surface area contributed by atoms with E-state index in [1.54, 1.807) is 0 Å². The monoisotopic (exact) mass is 359 g/mol. The molecule has 1 aromatic carbocycles. The first kappa shape index (κ1) is 18.0. The Morgan fingerprint density at radius 2 is 1.88 bits per heavy atom. The second kappa shape index (κ2) is 6.84. The van der Waals surface area contributed by atoms with Gasteiger partial charge in [-0.3, -0.25) is 4.79 Å². The van der Waals surface area contributed by atoms with Crippen LogP contribution in [0.4, 0.5) is 18.9 Å². The zero-order valence-corrected chi connectivity index (χ0v) is 13.8. The Labute approximate surface area is 143 Å². The lowest BCUT2D eigenvalue weighted by molar-refractivity contribution is -0.183. The lowest BCUT2D eigenvalue weighted by Gasteiger charge is -2.34. The quantitative estimate of drug-likeness (QED) is 0.896. The van der Waals surface area contributed by atoms with E-state index in [4.69, 9.17) is 14.2 Å². The fraction of sp³-hybridized carbons (Fsp3) is 0.588. The summed E-state index contributed by atoms with van der Waals surface area (Å²) in [6, 6.07) is 3.02. The van der Waals surface area contributed by atoms with Gasteiger partial charge in [0.05, 0.1) is 31.6 Å². The fourth-order valence-electron chi connectivity index (χ4n) is 3.32. The van der Waals surface area contributed by atoms with Crippen molar-refractivity contribution in [1.29, 1.82) is 0 Å². The minimum Gasteiger partial charge on any atom is -0.495 e. The van der Waals surface area contributed by atoms with Gasteiger partial charge in [-0.25, -0.2) is 0 Å². The van der Waals surface area contributed by atoms with Gasteiger partial charge in [0.1, 0.15) is 5.75 Å². The summed E-state index contributed by atoms with van der Waals surface area (Å²) in [5.74, 6) is -0.996. The number of anilines is 1. The molecule has 0 radical (unpaired) electrons. The van der Waals surface area contributed by atoms with Gasteiger partial charge in [0, 0.05) is 18.8 Å².